The molecule has 0 aliphatic carbocycles. The van der Waals surface area contributed by atoms with Gasteiger partial charge in [-0.15, -0.1) is 0 Å². The quantitative estimate of drug-likeness (QED) is 0.744. The lowest BCUT2D eigenvalue weighted by Gasteiger charge is -2.03. The minimum Gasteiger partial charge on any atom is -0.392 e. The minimum atomic E-state index is 0.118. The van der Waals surface area contributed by atoms with Gasteiger partial charge in [-0.3, -0.25) is 0 Å². The highest BCUT2D eigenvalue weighted by Gasteiger charge is 1.96. The van der Waals surface area contributed by atoms with Gasteiger partial charge in [-0.05, 0) is 40.4 Å². The average Bonchev–Trinajstić information content (AvgIpc) is 2.27. The summed E-state index contributed by atoms with van der Waals surface area (Å²) >= 11 is 0. The Hall–Kier alpha value is -0.910. The molecule has 0 bridgehead atoms. The third-order valence-corrected chi connectivity index (χ3v) is 3.26. The van der Waals surface area contributed by atoms with Crippen LogP contribution >= 0.6 is 8.58 Å². The molecular weight excluding hydrogens is 191 g/mol. The Morgan fingerprint density at radius 2 is 1.79 bits per heavy atom. The van der Waals surface area contributed by atoms with Crippen LogP contribution in [0.1, 0.15) is 5.56 Å². The molecule has 1 unspecified atom stereocenters. The minimum absolute atomic E-state index is 0.118. The van der Waals surface area contributed by atoms with Crippen LogP contribution in [0.25, 0.3) is 10.8 Å². The van der Waals surface area contributed by atoms with Gasteiger partial charge in [0.15, 0.2) is 0 Å². The van der Waals surface area contributed by atoms with Crippen LogP contribution in [0.4, 0.5) is 0 Å². The molecule has 1 atom stereocenters. The lowest BCUT2D eigenvalue weighted by Crippen LogP contribution is -1.92. The molecule has 2 heteroatoms. The maximum atomic E-state index is 9.00. The van der Waals surface area contributed by atoms with E-state index in [1.54, 1.807) is 0 Å². The van der Waals surface area contributed by atoms with Gasteiger partial charge in [0.1, 0.15) is 0 Å². The molecule has 0 aromatic heterocycles. The smallest absolute Gasteiger partial charge is 0.0682 e. The van der Waals surface area contributed by atoms with E-state index in [4.69, 9.17) is 5.11 Å². The molecule has 1 nitrogen and oxygen atoms in total. The lowest BCUT2D eigenvalue weighted by atomic mass is 10.1. The first kappa shape index (κ1) is 9.64. The van der Waals surface area contributed by atoms with Gasteiger partial charge in [-0.2, -0.15) is 0 Å². The zero-order valence-electron chi connectivity index (χ0n) is 8.12. The van der Waals surface area contributed by atoms with E-state index in [0.717, 1.165) is 14.1 Å². The fraction of sp³-hybridized carbons (Fsp3) is 0.167. The van der Waals surface area contributed by atoms with Crippen LogP contribution in [-0.2, 0) is 6.61 Å². The largest absolute Gasteiger partial charge is 0.392 e. The van der Waals surface area contributed by atoms with Gasteiger partial charge in [-0.25, -0.2) is 0 Å². The van der Waals surface area contributed by atoms with E-state index in [9.17, 15) is 0 Å². The summed E-state index contributed by atoms with van der Waals surface area (Å²) in [7, 11) is 0.841. The highest BCUT2D eigenvalue weighted by atomic mass is 31.1. The predicted molar refractivity (Wildman–Crippen MR) is 63.7 cm³/mol. The number of hydrogen-bond acceptors (Lipinski definition) is 1. The molecule has 2 aromatic carbocycles. The summed E-state index contributed by atoms with van der Waals surface area (Å²) < 4.78 is 0. The lowest BCUT2D eigenvalue weighted by molar-refractivity contribution is 0.282. The van der Waals surface area contributed by atoms with Crippen molar-refractivity contribution in [1.82, 2.24) is 0 Å². The number of aliphatic hydroxyl groups excluding tert-OH is 1. The van der Waals surface area contributed by atoms with Gasteiger partial charge in [0.2, 0.25) is 0 Å². The Bertz CT molecular complexity index is 408. The second kappa shape index (κ2) is 4.08. The Balaban J connectivity index is 2.57. The number of benzene rings is 2. The Morgan fingerprint density at radius 3 is 2.50 bits per heavy atom. The second-order valence-corrected chi connectivity index (χ2v) is 4.38. The summed E-state index contributed by atoms with van der Waals surface area (Å²) in [5.41, 5.74) is 0.976. The van der Waals surface area contributed by atoms with Crippen molar-refractivity contribution in [2.24, 2.45) is 0 Å². The summed E-state index contributed by atoms with van der Waals surface area (Å²) in [5, 5.41) is 12.8. The van der Waals surface area contributed by atoms with Crippen molar-refractivity contribution in [3.8, 4) is 0 Å². The third-order valence-electron chi connectivity index (χ3n) is 2.38. The molecule has 0 aliphatic rings. The van der Waals surface area contributed by atoms with Crippen LogP contribution in [0.3, 0.4) is 0 Å². The van der Waals surface area contributed by atoms with Crippen molar-refractivity contribution < 1.29 is 5.11 Å². The van der Waals surface area contributed by atoms with Crippen molar-refractivity contribution in [3.63, 3.8) is 0 Å². The van der Waals surface area contributed by atoms with Gasteiger partial charge in [0.25, 0.3) is 0 Å². The van der Waals surface area contributed by atoms with E-state index >= 15 is 0 Å². The molecule has 2 aromatic rings. The van der Waals surface area contributed by atoms with Crippen LogP contribution in [0, 0.1) is 0 Å². The van der Waals surface area contributed by atoms with Crippen LogP contribution in [0.2, 0.25) is 0 Å². The molecule has 0 saturated carbocycles. The molecule has 2 rings (SSSR count). The molecule has 0 radical (unpaired) electrons. The van der Waals surface area contributed by atoms with Gasteiger partial charge in [0, 0.05) is 0 Å². The van der Waals surface area contributed by atoms with Gasteiger partial charge in [0.05, 0.1) is 6.61 Å². The molecule has 0 aliphatic heterocycles. The molecule has 72 valence electrons. The number of rotatable bonds is 2. The zero-order valence-corrected chi connectivity index (χ0v) is 9.12. The van der Waals surface area contributed by atoms with E-state index < -0.39 is 0 Å². The SMILES string of the molecule is CPc1ccc2cc(CO)ccc2c1. The summed E-state index contributed by atoms with van der Waals surface area (Å²) in [6, 6.07) is 12.6. The summed E-state index contributed by atoms with van der Waals surface area (Å²) in [4.78, 5) is 0. The van der Waals surface area contributed by atoms with Crippen LogP contribution in [0.15, 0.2) is 36.4 Å². The molecule has 0 heterocycles. The standard InChI is InChI=1S/C12H13OP/c1-14-12-5-4-10-6-9(8-13)2-3-11(10)7-12/h2-7,13-14H,8H2,1H3. The molecule has 14 heavy (non-hydrogen) atoms. The monoisotopic (exact) mass is 204 g/mol. The fourth-order valence-corrected chi connectivity index (χ4v) is 2.10. The summed E-state index contributed by atoms with van der Waals surface area (Å²) in [6.07, 6.45) is 0. The van der Waals surface area contributed by atoms with Crippen LogP contribution in [-0.4, -0.2) is 11.8 Å². The number of aliphatic hydroxyl groups is 1. The Morgan fingerprint density at radius 1 is 1.07 bits per heavy atom. The van der Waals surface area contributed by atoms with Crippen LogP contribution < -0.4 is 5.30 Å². The molecule has 1 N–H and O–H groups in total. The van der Waals surface area contributed by atoms with Crippen molar-refractivity contribution >= 4 is 24.7 Å². The predicted octanol–water partition coefficient (Wildman–Crippen LogP) is 2.27. The average molecular weight is 204 g/mol. The van der Waals surface area contributed by atoms with E-state index in [0.29, 0.717) is 0 Å². The maximum Gasteiger partial charge on any atom is 0.0682 e. The first-order chi connectivity index (χ1) is 6.83. The highest BCUT2D eigenvalue weighted by Crippen LogP contribution is 2.17. The third kappa shape index (κ3) is 1.79. The maximum absolute atomic E-state index is 9.00. The van der Waals surface area contributed by atoms with Crippen molar-refractivity contribution in [2.75, 3.05) is 6.66 Å². The number of hydrogen-bond donors (Lipinski definition) is 1. The highest BCUT2D eigenvalue weighted by molar-refractivity contribution is 7.46. The van der Waals surface area contributed by atoms with Crippen molar-refractivity contribution in [2.45, 2.75) is 6.61 Å². The van der Waals surface area contributed by atoms with Crippen molar-refractivity contribution in [3.05, 3.63) is 42.0 Å². The van der Waals surface area contributed by atoms with Gasteiger partial charge < -0.3 is 5.11 Å². The first-order valence-corrected chi connectivity index (χ1v) is 6.15. The second-order valence-electron chi connectivity index (χ2n) is 3.30. The van der Waals surface area contributed by atoms with Crippen molar-refractivity contribution in [1.29, 1.82) is 0 Å². The molecule has 0 amide bonds. The molecule has 0 fully saturated rings. The van der Waals surface area contributed by atoms with Gasteiger partial charge in [-0.1, -0.05) is 32.8 Å². The molecular formula is C12H13OP. The fourth-order valence-electron chi connectivity index (χ4n) is 1.55. The zero-order chi connectivity index (χ0) is 9.97. The topological polar surface area (TPSA) is 20.2 Å². The normalized spacial score (nSPS) is 11.6. The molecule has 0 spiro atoms. The van der Waals surface area contributed by atoms with E-state index in [1.807, 2.05) is 12.1 Å². The van der Waals surface area contributed by atoms with Gasteiger partial charge >= 0.3 is 0 Å². The Kier molecular flexibility index (Phi) is 2.81. The van der Waals surface area contributed by atoms with E-state index in [2.05, 4.69) is 30.9 Å². The van der Waals surface area contributed by atoms with E-state index in [-0.39, 0.29) is 6.61 Å². The first-order valence-electron chi connectivity index (χ1n) is 4.65. The summed E-state index contributed by atoms with van der Waals surface area (Å²) in [5.74, 6) is 0. The van der Waals surface area contributed by atoms with Crippen LogP contribution in [0.5, 0.6) is 0 Å². The Labute approximate surface area is 85.6 Å². The molecule has 0 saturated heterocycles. The number of fused-ring (bicyclic) bond motifs is 1. The van der Waals surface area contributed by atoms with E-state index in [1.165, 1.54) is 16.1 Å². The summed E-state index contributed by atoms with van der Waals surface area (Å²) in [6.45, 7) is 2.30.